The van der Waals surface area contributed by atoms with E-state index in [9.17, 15) is 14.7 Å². The van der Waals surface area contributed by atoms with Crippen molar-refractivity contribution < 1.29 is 19.8 Å². The molecular weight excluding hydrogens is 641 g/mol. The number of carboxylic acids is 2. The number of rotatable bonds is 43. The summed E-state index contributed by atoms with van der Waals surface area (Å²) in [4.78, 5) is 23.3. The Kier molecular flexibility index (Phi) is 40.9. The van der Waals surface area contributed by atoms with Crippen molar-refractivity contribution in [1.29, 1.82) is 0 Å². The predicted molar refractivity (Wildman–Crippen MR) is 227 cm³/mol. The Morgan fingerprint density at radius 3 is 1.02 bits per heavy atom. The predicted octanol–water partition coefficient (Wildman–Crippen LogP) is 16.4. The molecule has 2 atom stereocenters. The Labute approximate surface area is 324 Å². The molecule has 0 saturated heterocycles. The summed E-state index contributed by atoms with van der Waals surface area (Å²) in [6.45, 7) is 4.55. The molecule has 0 spiro atoms. The quantitative estimate of drug-likeness (QED) is 0.0484. The van der Waals surface area contributed by atoms with Crippen molar-refractivity contribution in [3.63, 3.8) is 0 Å². The molecule has 2 unspecified atom stereocenters. The van der Waals surface area contributed by atoms with Gasteiger partial charge in [-0.05, 0) is 83.0 Å². The number of carboxylic acid groups (broad SMARTS) is 2. The second-order valence-electron chi connectivity index (χ2n) is 16.2. The van der Waals surface area contributed by atoms with Crippen LogP contribution in [0.2, 0.25) is 0 Å². The summed E-state index contributed by atoms with van der Waals surface area (Å²) in [5.41, 5.74) is 0. The zero-order valence-corrected chi connectivity index (χ0v) is 35.0. The SMILES string of the molecule is CCCCCCCCC=CCCCCCCCCCCCCC(C(=O)O)C(CCCCCC=CCCCCCCCC)CCCCCCCC(=O)O. The highest BCUT2D eigenvalue weighted by Crippen LogP contribution is 2.30. The number of aliphatic carboxylic acids is 2. The van der Waals surface area contributed by atoms with E-state index in [0.29, 0.717) is 0 Å². The first-order valence-electron chi connectivity index (χ1n) is 23.3. The highest BCUT2D eigenvalue weighted by molar-refractivity contribution is 5.70. The minimum atomic E-state index is -0.708. The van der Waals surface area contributed by atoms with Gasteiger partial charge in [0.15, 0.2) is 0 Å². The van der Waals surface area contributed by atoms with Crippen LogP contribution >= 0.6 is 0 Å². The van der Waals surface area contributed by atoms with Crippen LogP contribution in [0.3, 0.4) is 0 Å². The van der Waals surface area contributed by atoms with E-state index < -0.39 is 11.9 Å². The number of hydrogen-bond acceptors (Lipinski definition) is 2. The van der Waals surface area contributed by atoms with Crippen molar-refractivity contribution in [2.45, 2.75) is 258 Å². The molecule has 0 bridgehead atoms. The zero-order chi connectivity index (χ0) is 38.0. The van der Waals surface area contributed by atoms with Gasteiger partial charge in [0, 0.05) is 6.42 Å². The lowest BCUT2D eigenvalue weighted by molar-refractivity contribution is -0.144. The van der Waals surface area contributed by atoms with E-state index in [4.69, 9.17) is 5.11 Å². The largest absolute Gasteiger partial charge is 0.481 e. The minimum Gasteiger partial charge on any atom is -0.481 e. The Morgan fingerprint density at radius 1 is 0.385 bits per heavy atom. The molecule has 0 heterocycles. The molecule has 0 aliphatic rings. The lowest BCUT2D eigenvalue weighted by Gasteiger charge is -2.24. The maximum atomic E-state index is 12.5. The molecule has 0 saturated carbocycles. The molecule has 2 N–H and O–H groups in total. The molecule has 0 radical (unpaired) electrons. The molecule has 0 aliphatic carbocycles. The molecule has 0 aliphatic heterocycles. The van der Waals surface area contributed by atoms with Crippen molar-refractivity contribution in [2.24, 2.45) is 11.8 Å². The molecule has 4 heteroatoms. The van der Waals surface area contributed by atoms with Crippen molar-refractivity contribution in [2.75, 3.05) is 0 Å². The Balaban J connectivity index is 4.22. The second kappa shape index (κ2) is 42.2. The molecule has 0 aromatic rings. The van der Waals surface area contributed by atoms with Crippen LogP contribution in [-0.4, -0.2) is 22.2 Å². The summed E-state index contributed by atoms with van der Waals surface area (Å²) in [5.74, 6) is -1.23. The highest BCUT2D eigenvalue weighted by Gasteiger charge is 2.27. The molecule has 0 amide bonds. The van der Waals surface area contributed by atoms with Gasteiger partial charge in [-0.1, -0.05) is 199 Å². The Bertz CT molecular complexity index is 802. The third-order valence-electron chi connectivity index (χ3n) is 11.2. The van der Waals surface area contributed by atoms with E-state index in [0.717, 1.165) is 77.0 Å². The van der Waals surface area contributed by atoms with Crippen LogP contribution in [0.15, 0.2) is 24.3 Å². The Morgan fingerprint density at radius 2 is 0.673 bits per heavy atom. The fraction of sp³-hybridized carbons (Fsp3) is 0.875. The van der Waals surface area contributed by atoms with E-state index in [1.54, 1.807) is 0 Å². The highest BCUT2D eigenvalue weighted by atomic mass is 16.4. The van der Waals surface area contributed by atoms with Gasteiger partial charge in [0.05, 0.1) is 5.92 Å². The molecule has 0 aromatic heterocycles. The van der Waals surface area contributed by atoms with Crippen LogP contribution in [0.5, 0.6) is 0 Å². The number of allylic oxidation sites excluding steroid dienone is 4. The van der Waals surface area contributed by atoms with Gasteiger partial charge in [-0.3, -0.25) is 9.59 Å². The fourth-order valence-electron chi connectivity index (χ4n) is 7.76. The van der Waals surface area contributed by atoms with E-state index in [2.05, 4.69) is 38.2 Å². The van der Waals surface area contributed by atoms with Crippen LogP contribution in [0, 0.1) is 11.8 Å². The van der Waals surface area contributed by atoms with Crippen LogP contribution < -0.4 is 0 Å². The molecule has 4 nitrogen and oxygen atoms in total. The summed E-state index contributed by atoms with van der Waals surface area (Å²) in [5, 5.41) is 19.1. The summed E-state index contributed by atoms with van der Waals surface area (Å²) < 4.78 is 0. The standard InChI is InChI=1S/C48H90O4/c1-3-5-7-9-11-13-15-17-18-19-20-21-22-23-25-27-29-31-35-39-43-46(48(51)52)45(42-38-34-32-36-40-44-47(49)50)41-37-33-30-28-26-24-16-14-12-10-8-6-4-2/h17-18,24,26,45-46H,3-16,19-23,25,27-44H2,1-2H3,(H,49,50)(H,51,52). The van der Waals surface area contributed by atoms with Crippen LogP contribution in [0.4, 0.5) is 0 Å². The van der Waals surface area contributed by atoms with Gasteiger partial charge in [-0.2, -0.15) is 0 Å². The first kappa shape index (κ1) is 50.4. The third-order valence-corrected chi connectivity index (χ3v) is 11.2. The molecule has 0 fully saturated rings. The molecule has 306 valence electrons. The third kappa shape index (κ3) is 38.2. The lowest BCUT2D eigenvalue weighted by atomic mass is 9.80. The first-order chi connectivity index (χ1) is 25.5. The summed E-state index contributed by atoms with van der Waals surface area (Å²) >= 11 is 0. The Hall–Kier alpha value is -1.58. The fourth-order valence-corrected chi connectivity index (χ4v) is 7.76. The van der Waals surface area contributed by atoms with Crippen molar-refractivity contribution in [3.05, 3.63) is 24.3 Å². The average molecular weight is 731 g/mol. The second-order valence-corrected chi connectivity index (χ2v) is 16.2. The minimum absolute atomic E-state index is 0.213. The smallest absolute Gasteiger partial charge is 0.306 e. The summed E-state index contributed by atoms with van der Waals surface area (Å²) in [6, 6.07) is 0. The van der Waals surface area contributed by atoms with E-state index in [-0.39, 0.29) is 18.3 Å². The number of hydrogen-bond donors (Lipinski definition) is 2. The van der Waals surface area contributed by atoms with Crippen molar-refractivity contribution in [1.82, 2.24) is 0 Å². The van der Waals surface area contributed by atoms with Gasteiger partial charge in [0.1, 0.15) is 0 Å². The molecular formula is C48H90O4. The average Bonchev–Trinajstić information content (AvgIpc) is 3.13. The normalized spacial score (nSPS) is 13.0. The van der Waals surface area contributed by atoms with Crippen molar-refractivity contribution >= 4 is 11.9 Å². The van der Waals surface area contributed by atoms with Gasteiger partial charge in [-0.15, -0.1) is 0 Å². The summed E-state index contributed by atoms with van der Waals surface area (Å²) in [7, 11) is 0. The van der Waals surface area contributed by atoms with E-state index in [1.807, 2.05) is 0 Å². The number of unbranched alkanes of at least 4 members (excludes halogenated alkanes) is 29. The lowest BCUT2D eigenvalue weighted by Crippen LogP contribution is -2.24. The summed E-state index contributed by atoms with van der Waals surface area (Å²) in [6.07, 6.45) is 55.3. The maximum absolute atomic E-state index is 12.5. The van der Waals surface area contributed by atoms with Gasteiger partial charge < -0.3 is 10.2 Å². The molecule has 0 rings (SSSR count). The van der Waals surface area contributed by atoms with Crippen molar-refractivity contribution in [3.8, 4) is 0 Å². The zero-order valence-electron chi connectivity index (χ0n) is 35.0. The maximum Gasteiger partial charge on any atom is 0.306 e. The van der Waals surface area contributed by atoms with Crippen LogP contribution in [-0.2, 0) is 9.59 Å². The monoisotopic (exact) mass is 731 g/mol. The van der Waals surface area contributed by atoms with Gasteiger partial charge in [-0.25, -0.2) is 0 Å². The van der Waals surface area contributed by atoms with Gasteiger partial charge in [0.25, 0.3) is 0 Å². The van der Waals surface area contributed by atoms with E-state index in [1.165, 1.54) is 161 Å². The van der Waals surface area contributed by atoms with Gasteiger partial charge in [0.2, 0.25) is 0 Å². The van der Waals surface area contributed by atoms with Crippen LogP contribution in [0.1, 0.15) is 258 Å². The van der Waals surface area contributed by atoms with Crippen LogP contribution in [0.25, 0.3) is 0 Å². The van der Waals surface area contributed by atoms with E-state index >= 15 is 0 Å². The molecule has 0 aromatic carbocycles. The number of carbonyl (C=O) groups is 2. The molecule has 52 heavy (non-hydrogen) atoms. The topological polar surface area (TPSA) is 74.6 Å². The van der Waals surface area contributed by atoms with Gasteiger partial charge >= 0.3 is 11.9 Å². The first-order valence-corrected chi connectivity index (χ1v) is 23.3.